The summed E-state index contributed by atoms with van der Waals surface area (Å²) in [6.45, 7) is 0.804. The Labute approximate surface area is 141 Å². The topological polar surface area (TPSA) is 9.23 Å². The van der Waals surface area contributed by atoms with Crippen molar-refractivity contribution < 1.29 is 4.18 Å². The lowest BCUT2D eigenvalue weighted by molar-refractivity contribution is 0.386. The van der Waals surface area contributed by atoms with Gasteiger partial charge in [-0.3, -0.25) is 0 Å². The van der Waals surface area contributed by atoms with Crippen molar-refractivity contribution in [2.45, 2.75) is 6.42 Å². The van der Waals surface area contributed by atoms with Crippen LogP contribution in [0.5, 0.6) is 0 Å². The van der Waals surface area contributed by atoms with Crippen LogP contribution >= 0.6 is 108 Å². The van der Waals surface area contributed by atoms with Crippen LogP contribution in [0.15, 0.2) is 9.85 Å². The number of thiophene rings is 1. The summed E-state index contributed by atoms with van der Waals surface area (Å²) in [5, 5.41) is 0. The smallest absolute Gasteiger partial charge is 0.113 e. The van der Waals surface area contributed by atoms with Gasteiger partial charge in [0.05, 0.1) is 10.4 Å². The van der Waals surface area contributed by atoms with Gasteiger partial charge in [-0.25, -0.2) is 0 Å². The number of rotatable bonds is 5. The lowest BCUT2D eigenvalue weighted by atomic mass is 10.4. The van der Waals surface area contributed by atoms with Crippen molar-refractivity contribution in [2.75, 3.05) is 6.61 Å². The van der Waals surface area contributed by atoms with Crippen LogP contribution in [0, 0.1) is 3.57 Å². The maximum absolute atomic E-state index is 5.47. The van der Waals surface area contributed by atoms with Crippen LogP contribution in [0.4, 0.5) is 0 Å². The molecule has 1 aromatic rings. The summed E-state index contributed by atoms with van der Waals surface area (Å²) in [6, 6.07) is 2.21. The molecule has 0 aliphatic heterocycles. The normalized spacial score (nSPS) is 11.2. The van der Waals surface area contributed by atoms with Gasteiger partial charge in [0.25, 0.3) is 0 Å². The van der Waals surface area contributed by atoms with Gasteiger partial charge in [0, 0.05) is 26.5 Å². The number of halogens is 4. The Kier molecular flexibility index (Phi) is 8.94. The molecule has 0 bridgehead atoms. The molecule has 0 N–H and O–H groups in total. The Hall–Kier alpha value is 3.11. The van der Waals surface area contributed by atoms with E-state index in [0.717, 1.165) is 13.0 Å². The van der Waals surface area contributed by atoms with Gasteiger partial charge in [-0.15, -0.1) is 11.3 Å². The molecule has 0 saturated carbocycles. The number of hydrogen-bond acceptors (Lipinski definition) is 3. The molecule has 0 radical (unpaired) electrons. The molecule has 0 spiro atoms. The van der Waals surface area contributed by atoms with E-state index in [-0.39, 0.29) is 2.41 Å². The van der Waals surface area contributed by atoms with E-state index < -0.39 is 0 Å². The monoisotopic (exact) mass is 648 g/mol. The molecule has 0 atom stereocenters. The van der Waals surface area contributed by atoms with Crippen LogP contribution in [-0.4, -0.2) is 6.61 Å². The molecule has 14 heavy (non-hydrogen) atoms. The standard InChI is InChI=1S/C6H5BrI3OPS2/c7-6-5(8)3-4(13-6)1-2-11-14-12(9)10/h3H,1-2H2. The molecule has 0 aromatic carbocycles. The van der Waals surface area contributed by atoms with Crippen LogP contribution in [0.3, 0.4) is 0 Å². The maximum Gasteiger partial charge on any atom is 0.113 e. The third-order valence-corrected chi connectivity index (χ3v) is 9.02. The van der Waals surface area contributed by atoms with Crippen molar-refractivity contribution in [3.8, 4) is 0 Å². The fourth-order valence-electron chi connectivity index (χ4n) is 0.734. The molecule has 0 saturated heterocycles. The predicted molar refractivity (Wildman–Crippen MR) is 96.9 cm³/mol. The third kappa shape index (κ3) is 6.15. The highest BCUT2D eigenvalue weighted by molar-refractivity contribution is 14.3. The van der Waals surface area contributed by atoms with Crippen LogP contribution < -0.4 is 0 Å². The largest absolute Gasteiger partial charge is 0.309 e. The van der Waals surface area contributed by atoms with Crippen molar-refractivity contribution in [1.82, 2.24) is 0 Å². The zero-order valence-electron chi connectivity index (χ0n) is 6.68. The van der Waals surface area contributed by atoms with Crippen molar-refractivity contribution in [3.63, 3.8) is 0 Å². The van der Waals surface area contributed by atoms with E-state index in [2.05, 4.69) is 88.7 Å². The van der Waals surface area contributed by atoms with Gasteiger partial charge < -0.3 is 4.18 Å². The minimum absolute atomic E-state index is 0.0549. The highest BCUT2D eigenvalue weighted by atomic mass is 127. The summed E-state index contributed by atoms with van der Waals surface area (Å²) < 4.78 is 7.93. The zero-order valence-corrected chi connectivity index (χ0v) is 17.3. The Bertz CT molecular complexity index is 277. The van der Waals surface area contributed by atoms with Gasteiger partial charge in [-0.05, 0) is 88.7 Å². The average Bonchev–Trinajstić information content (AvgIpc) is 2.40. The van der Waals surface area contributed by atoms with Crippen LogP contribution in [0.1, 0.15) is 4.88 Å². The minimum Gasteiger partial charge on any atom is -0.309 e. The second-order valence-corrected chi connectivity index (χ2v) is 23.4. The molecule has 1 rings (SSSR count). The molecule has 0 aliphatic rings. The zero-order chi connectivity index (χ0) is 10.6. The second-order valence-electron chi connectivity index (χ2n) is 2.18. The fourth-order valence-corrected chi connectivity index (χ4v) is 5.89. The molecular weight excluding hydrogens is 644 g/mol. The average molecular weight is 649 g/mol. The first-order valence-electron chi connectivity index (χ1n) is 3.44. The van der Waals surface area contributed by atoms with Gasteiger partial charge in [0.1, 0.15) is 2.41 Å². The van der Waals surface area contributed by atoms with E-state index in [9.17, 15) is 0 Å². The molecule has 1 aromatic heterocycles. The van der Waals surface area contributed by atoms with Crippen LogP contribution in [0.25, 0.3) is 0 Å². The Balaban J connectivity index is 2.25. The van der Waals surface area contributed by atoms with Crippen molar-refractivity contribution in [3.05, 3.63) is 18.3 Å². The first-order valence-corrected chi connectivity index (χ1v) is 14.4. The van der Waals surface area contributed by atoms with Gasteiger partial charge in [-0.2, -0.15) is 0 Å². The van der Waals surface area contributed by atoms with Gasteiger partial charge >= 0.3 is 0 Å². The van der Waals surface area contributed by atoms with E-state index in [0.29, 0.717) is 0 Å². The molecule has 0 unspecified atom stereocenters. The SMILES string of the molecule is Brc1sc(CCOSP(I)I)cc1I. The lowest BCUT2D eigenvalue weighted by Crippen LogP contribution is -1.88. The Morgan fingerprint density at radius 2 is 2.29 bits per heavy atom. The molecule has 0 amide bonds. The summed E-state index contributed by atoms with van der Waals surface area (Å²) in [4.78, 5) is 1.38. The quantitative estimate of drug-likeness (QED) is 0.158. The van der Waals surface area contributed by atoms with Crippen LogP contribution in [0.2, 0.25) is 0 Å². The molecule has 1 heterocycles. The van der Waals surface area contributed by atoms with Crippen molar-refractivity contribution >= 4 is 108 Å². The van der Waals surface area contributed by atoms with Gasteiger partial charge in [0.2, 0.25) is 0 Å². The fraction of sp³-hybridized carbons (Fsp3) is 0.333. The molecular formula is C6H5BrI3OPS2. The lowest BCUT2D eigenvalue weighted by Gasteiger charge is -2.00. The Morgan fingerprint density at radius 1 is 1.57 bits per heavy atom. The highest BCUT2D eigenvalue weighted by Crippen LogP contribution is 2.64. The first-order chi connectivity index (χ1) is 6.59. The molecule has 1 nitrogen and oxygen atoms in total. The molecule has 0 fully saturated rings. The predicted octanol–water partition coefficient (Wildman–Crippen LogP) is 6.42. The molecule has 80 valence electrons. The maximum atomic E-state index is 5.47. The molecule has 0 aliphatic carbocycles. The van der Waals surface area contributed by atoms with Crippen molar-refractivity contribution in [1.29, 1.82) is 0 Å². The number of hydrogen-bond donors (Lipinski definition) is 0. The van der Waals surface area contributed by atoms with E-state index in [1.807, 2.05) is 0 Å². The summed E-state index contributed by atoms with van der Waals surface area (Å²) >= 11 is 14.0. The van der Waals surface area contributed by atoms with E-state index >= 15 is 0 Å². The summed E-state index contributed by atoms with van der Waals surface area (Å²) in [7, 11) is 0. The van der Waals surface area contributed by atoms with E-state index in [1.54, 1.807) is 23.0 Å². The second kappa shape index (κ2) is 8.25. The van der Waals surface area contributed by atoms with Gasteiger partial charge in [0.15, 0.2) is 0 Å². The van der Waals surface area contributed by atoms with Gasteiger partial charge in [-0.1, -0.05) is 0 Å². The van der Waals surface area contributed by atoms with Crippen LogP contribution in [-0.2, 0) is 10.6 Å². The summed E-state index contributed by atoms with van der Waals surface area (Å²) in [6.07, 6.45) is 1.01. The summed E-state index contributed by atoms with van der Waals surface area (Å²) in [5.74, 6) is 0. The first kappa shape index (κ1) is 15.2. The summed E-state index contributed by atoms with van der Waals surface area (Å²) in [5.41, 5.74) is 0. The highest BCUT2D eigenvalue weighted by Gasteiger charge is 2.04. The third-order valence-electron chi connectivity index (χ3n) is 1.24. The Morgan fingerprint density at radius 3 is 2.79 bits per heavy atom. The minimum atomic E-state index is -0.0549. The van der Waals surface area contributed by atoms with Crippen molar-refractivity contribution in [2.24, 2.45) is 0 Å². The van der Waals surface area contributed by atoms with E-state index in [4.69, 9.17) is 4.18 Å². The van der Waals surface area contributed by atoms with E-state index in [1.165, 1.54) is 12.2 Å². The molecule has 8 heteroatoms.